The fourth-order valence-corrected chi connectivity index (χ4v) is 1.50. The summed E-state index contributed by atoms with van der Waals surface area (Å²) in [4.78, 5) is 0. The number of hydrogen-bond acceptors (Lipinski definition) is 2. The summed E-state index contributed by atoms with van der Waals surface area (Å²) in [5.41, 5.74) is 0. The van der Waals surface area contributed by atoms with Gasteiger partial charge in [0.1, 0.15) is 0 Å². The van der Waals surface area contributed by atoms with Crippen molar-refractivity contribution in [3.05, 3.63) is 0 Å². The molecule has 0 spiro atoms. The van der Waals surface area contributed by atoms with Crippen LogP contribution in [0.2, 0.25) is 0 Å². The Labute approximate surface area is 67.0 Å². The Balaban J connectivity index is 3.56. The third-order valence-corrected chi connectivity index (χ3v) is 2.74. The van der Waals surface area contributed by atoms with Crippen LogP contribution in [-0.4, -0.2) is 14.2 Å². The van der Waals surface area contributed by atoms with Crippen LogP contribution in [0.15, 0.2) is 0 Å². The summed E-state index contributed by atoms with van der Waals surface area (Å²) in [6.07, 6.45) is 1.68. The molecule has 0 amide bonds. The van der Waals surface area contributed by atoms with Crippen LogP contribution < -0.4 is 0 Å². The highest BCUT2D eigenvalue weighted by Gasteiger charge is 2.07. The van der Waals surface area contributed by atoms with Gasteiger partial charge < -0.3 is 0 Å². The van der Waals surface area contributed by atoms with Gasteiger partial charge in [0.25, 0.3) is 0 Å². The van der Waals surface area contributed by atoms with Crippen LogP contribution in [0.5, 0.6) is 0 Å². The Morgan fingerprint density at radius 1 is 1.50 bits per heavy atom. The fraction of sp³-hybridized carbons (Fsp3) is 1.00. The van der Waals surface area contributed by atoms with Gasteiger partial charge >= 0.3 is 0 Å². The number of hydrogen-bond donors (Lipinski definition) is 0. The van der Waals surface area contributed by atoms with E-state index >= 15 is 0 Å². The summed E-state index contributed by atoms with van der Waals surface area (Å²) in [6.45, 7) is 4.05. The molecule has 1 atom stereocenters. The van der Waals surface area contributed by atoms with Crippen LogP contribution in [0.3, 0.4) is 0 Å². The monoisotopic (exact) mass is 184 g/mol. The molecule has 0 bridgehead atoms. The van der Waals surface area contributed by atoms with Crippen molar-refractivity contribution in [3.8, 4) is 0 Å². The van der Waals surface area contributed by atoms with Crippen molar-refractivity contribution in [3.63, 3.8) is 0 Å². The lowest BCUT2D eigenvalue weighted by Gasteiger charge is -2.04. The highest BCUT2D eigenvalue weighted by molar-refractivity contribution is 8.13. The van der Waals surface area contributed by atoms with E-state index in [4.69, 9.17) is 10.7 Å². The highest BCUT2D eigenvalue weighted by atomic mass is 35.7. The summed E-state index contributed by atoms with van der Waals surface area (Å²) in [7, 11) is 1.75. The van der Waals surface area contributed by atoms with E-state index in [-0.39, 0.29) is 5.75 Å². The summed E-state index contributed by atoms with van der Waals surface area (Å²) >= 11 is 0. The first-order valence-electron chi connectivity index (χ1n) is 3.38. The predicted octanol–water partition coefficient (Wildman–Crippen LogP) is 1.99. The van der Waals surface area contributed by atoms with Gasteiger partial charge in [-0.2, -0.15) is 0 Å². The zero-order valence-corrected chi connectivity index (χ0v) is 7.87. The first-order valence-corrected chi connectivity index (χ1v) is 5.86. The molecule has 4 heteroatoms. The van der Waals surface area contributed by atoms with E-state index in [0.717, 1.165) is 6.42 Å². The molecule has 0 saturated carbocycles. The molecular formula is C6H13ClO2S. The average molecular weight is 185 g/mol. The van der Waals surface area contributed by atoms with Crippen molar-refractivity contribution < 1.29 is 8.42 Å². The lowest BCUT2D eigenvalue weighted by molar-refractivity contribution is 0.536. The quantitative estimate of drug-likeness (QED) is 0.627. The summed E-state index contributed by atoms with van der Waals surface area (Å²) in [5, 5.41) is 0. The van der Waals surface area contributed by atoms with E-state index in [1.54, 1.807) is 0 Å². The van der Waals surface area contributed by atoms with E-state index in [1.807, 2.05) is 13.8 Å². The van der Waals surface area contributed by atoms with Crippen LogP contribution in [0.25, 0.3) is 0 Å². The zero-order valence-electron chi connectivity index (χ0n) is 6.30. The van der Waals surface area contributed by atoms with Gasteiger partial charge in [-0.25, -0.2) is 8.42 Å². The molecule has 1 unspecified atom stereocenters. The van der Waals surface area contributed by atoms with Gasteiger partial charge in [0.15, 0.2) is 0 Å². The molecule has 0 radical (unpaired) electrons. The highest BCUT2D eigenvalue weighted by Crippen LogP contribution is 2.09. The zero-order chi connectivity index (χ0) is 8.20. The van der Waals surface area contributed by atoms with Gasteiger partial charge in [-0.1, -0.05) is 20.3 Å². The van der Waals surface area contributed by atoms with Crippen molar-refractivity contribution in [2.75, 3.05) is 5.75 Å². The molecule has 62 valence electrons. The first-order chi connectivity index (χ1) is 4.45. The third-order valence-electron chi connectivity index (χ3n) is 1.55. The SMILES string of the molecule is CCC(C)CCS(=O)(=O)Cl. The van der Waals surface area contributed by atoms with E-state index in [0.29, 0.717) is 12.3 Å². The molecule has 0 aromatic heterocycles. The normalized spacial score (nSPS) is 15.1. The van der Waals surface area contributed by atoms with Crippen LogP contribution in [0.1, 0.15) is 26.7 Å². The third kappa shape index (κ3) is 6.36. The van der Waals surface area contributed by atoms with Crippen molar-refractivity contribution in [2.24, 2.45) is 5.92 Å². The molecule has 0 heterocycles. The van der Waals surface area contributed by atoms with Crippen molar-refractivity contribution in [1.29, 1.82) is 0 Å². The van der Waals surface area contributed by atoms with Crippen molar-refractivity contribution in [2.45, 2.75) is 26.7 Å². The Morgan fingerprint density at radius 3 is 2.30 bits per heavy atom. The summed E-state index contributed by atoms with van der Waals surface area (Å²) in [5.74, 6) is 0.553. The smallest absolute Gasteiger partial charge is 0.212 e. The molecule has 0 aromatic rings. The van der Waals surface area contributed by atoms with Gasteiger partial charge in [0, 0.05) is 10.7 Å². The lowest BCUT2D eigenvalue weighted by atomic mass is 10.1. The largest absolute Gasteiger partial charge is 0.232 e. The lowest BCUT2D eigenvalue weighted by Crippen LogP contribution is -2.02. The summed E-state index contributed by atoms with van der Waals surface area (Å²) in [6, 6.07) is 0. The second kappa shape index (κ2) is 4.19. The maximum atomic E-state index is 10.4. The fourth-order valence-electron chi connectivity index (χ4n) is 0.546. The van der Waals surface area contributed by atoms with Crippen LogP contribution >= 0.6 is 10.7 Å². The van der Waals surface area contributed by atoms with E-state index in [2.05, 4.69) is 0 Å². The average Bonchev–Trinajstić information content (AvgIpc) is 1.81. The molecular weight excluding hydrogens is 172 g/mol. The molecule has 0 fully saturated rings. The molecule has 10 heavy (non-hydrogen) atoms. The maximum absolute atomic E-state index is 10.4. The minimum absolute atomic E-state index is 0.101. The van der Waals surface area contributed by atoms with Crippen molar-refractivity contribution in [1.82, 2.24) is 0 Å². The van der Waals surface area contributed by atoms with E-state index in [9.17, 15) is 8.42 Å². The Morgan fingerprint density at radius 2 is 2.00 bits per heavy atom. The van der Waals surface area contributed by atoms with Crippen LogP contribution in [0.4, 0.5) is 0 Å². The van der Waals surface area contributed by atoms with Gasteiger partial charge in [-0.15, -0.1) is 0 Å². The molecule has 0 aliphatic carbocycles. The second-order valence-electron chi connectivity index (χ2n) is 2.55. The van der Waals surface area contributed by atoms with Gasteiger partial charge in [0.05, 0.1) is 5.75 Å². The minimum Gasteiger partial charge on any atom is -0.212 e. The Bertz CT molecular complexity index is 174. The summed E-state index contributed by atoms with van der Waals surface area (Å²) < 4.78 is 20.8. The first kappa shape index (κ1) is 10.2. The second-order valence-corrected chi connectivity index (χ2v) is 5.44. The van der Waals surface area contributed by atoms with Crippen LogP contribution in [0, 0.1) is 5.92 Å². The molecule has 0 aliphatic heterocycles. The minimum atomic E-state index is -3.26. The Kier molecular flexibility index (Phi) is 4.29. The molecule has 0 N–H and O–H groups in total. The number of rotatable bonds is 4. The molecule has 0 aliphatic rings. The molecule has 0 aromatic carbocycles. The Hall–Kier alpha value is 0.240. The topological polar surface area (TPSA) is 34.1 Å². The molecule has 0 saturated heterocycles. The predicted molar refractivity (Wildman–Crippen MR) is 43.7 cm³/mol. The maximum Gasteiger partial charge on any atom is 0.232 e. The standard InChI is InChI=1S/C6H13ClO2S/c1-3-6(2)4-5-10(7,8)9/h6H,3-5H2,1-2H3. The number of halogens is 1. The van der Waals surface area contributed by atoms with Crippen molar-refractivity contribution >= 4 is 19.7 Å². The van der Waals surface area contributed by atoms with Crippen LogP contribution in [-0.2, 0) is 9.05 Å². The van der Waals surface area contributed by atoms with E-state index < -0.39 is 9.05 Å². The van der Waals surface area contributed by atoms with E-state index in [1.165, 1.54) is 0 Å². The molecule has 2 nitrogen and oxygen atoms in total. The van der Waals surface area contributed by atoms with Gasteiger partial charge in [-0.05, 0) is 12.3 Å². The van der Waals surface area contributed by atoms with Gasteiger partial charge in [0.2, 0.25) is 9.05 Å². The van der Waals surface area contributed by atoms with Gasteiger partial charge in [-0.3, -0.25) is 0 Å². The molecule has 0 rings (SSSR count).